The van der Waals surface area contributed by atoms with Crippen molar-refractivity contribution in [1.29, 1.82) is 0 Å². The third-order valence-corrected chi connectivity index (χ3v) is 4.62. The van der Waals surface area contributed by atoms with E-state index in [9.17, 15) is 18.8 Å². The van der Waals surface area contributed by atoms with Crippen molar-refractivity contribution in [1.82, 2.24) is 0 Å². The van der Waals surface area contributed by atoms with E-state index in [2.05, 4.69) is 5.32 Å². The maximum absolute atomic E-state index is 13.8. The molecule has 1 heterocycles. The van der Waals surface area contributed by atoms with E-state index in [0.717, 1.165) is 17.4 Å². The summed E-state index contributed by atoms with van der Waals surface area (Å²) in [6.07, 6.45) is 0. The zero-order valence-electron chi connectivity index (χ0n) is 14.6. The van der Waals surface area contributed by atoms with E-state index in [4.69, 9.17) is 9.47 Å². The summed E-state index contributed by atoms with van der Waals surface area (Å²) < 4.78 is 23.8. The van der Waals surface area contributed by atoms with Crippen molar-refractivity contribution in [3.63, 3.8) is 0 Å². The standard InChI is InChI=1S/C18H18FNO5S/c1-4-24-17(22)13-10(3)14(18(23)25-5-2)26-16(13)20-15(21)11-8-6-7-9-12(11)19/h6-9H,4-5H2,1-3H3,(H,20,21). The number of halogens is 1. The number of thiophene rings is 1. The molecule has 0 atom stereocenters. The molecule has 0 aliphatic heterocycles. The number of rotatable bonds is 6. The Morgan fingerprint density at radius 2 is 1.69 bits per heavy atom. The predicted octanol–water partition coefficient (Wildman–Crippen LogP) is 3.80. The van der Waals surface area contributed by atoms with Crippen molar-refractivity contribution in [2.45, 2.75) is 20.8 Å². The summed E-state index contributed by atoms with van der Waals surface area (Å²) in [5.41, 5.74) is 0.228. The van der Waals surface area contributed by atoms with Crippen molar-refractivity contribution >= 4 is 34.2 Å². The summed E-state index contributed by atoms with van der Waals surface area (Å²) >= 11 is 0.887. The van der Waals surface area contributed by atoms with Gasteiger partial charge in [-0.2, -0.15) is 0 Å². The van der Waals surface area contributed by atoms with Crippen LogP contribution in [0.2, 0.25) is 0 Å². The number of carbonyl (C=O) groups is 3. The molecule has 1 amide bonds. The van der Waals surface area contributed by atoms with Gasteiger partial charge in [0.15, 0.2) is 0 Å². The maximum Gasteiger partial charge on any atom is 0.348 e. The molecule has 1 aromatic heterocycles. The van der Waals surface area contributed by atoms with Crippen molar-refractivity contribution in [2.75, 3.05) is 18.5 Å². The number of anilines is 1. The van der Waals surface area contributed by atoms with Crippen LogP contribution in [-0.4, -0.2) is 31.1 Å². The Morgan fingerprint density at radius 3 is 2.31 bits per heavy atom. The smallest absolute Gasteiger partial charge is 0.348 e. The largest absolute Gasteiger partial charge is 0.462 e. The van der Waals surface area contributed by atoms with Crippen molar-refractivity contribution in [2.24, 2.45) is 0 Å². The number of nitrogens with one attached hydrogen (secondary N) is 1. The third kappa shape index (κ3) is 4.08. The van der Waals surface area contributed by atoms with Gasteiger partial charge in [0.2, 0.25) is 0 Å². The fraction of sp³-hybridized carbons (Fsp3) is 0.278. The molecule has 0 aliphatic rings. The molecule has 0 spiro atoms. The second-order valence-corrected chi connectivity index (χ2v) is 6.16. The molecule has 0 bridgehead atoms. The van der Waals surface area contributed by atoms with Crippen LogP contribution in [0.15, 0.2) is 24.3 Å². The fourth-order valence-electron chi connectivity index (χ4n) is 2.26. The molecule has 0 fully saturated rings. The lowest BCUT2D eigenvalue weighted by molar-refractivity contribution is 0.0527. The third-order valence-electron chi connectivity index (χ3n) is 3.43. The molecule has 1 aromatic carbocycles. The van der Waals surface area contributed by atoms with Gasteiger partial charge in [0.25, 0.3) is 5.91 Å². The lowest BCUT2D eigenvalue weighted by Gasteiger charge is -2.07. The minimum Gasteiger partial charge on any atom is -0.462 e. The highest BCUT2D eigenvalue weighted by Crippen LogP contribution is 2.34. The van der Waals surface area contributed by atoms with Gasteiger partial charge in [0, 0.05) is 0 Å². The monoisotopic (exact) mass is 379 g/mol. The highest BCUT2D eigenvalue weighted by Gasteiger charge is 2.27. The number of esters is 2. The summed E-state index contributed by atoms with van der Waals surface area (Å²) in [5.74, 6) is -2.71. The van der Waals surface area contributed by atoms with Gasteiger partial charge in [-0.25, -0.2) is 14.0 Å². The first-order valence-corrected chi connectivity index (χ1v) is 8.75. The molecular weight excluding hydrogens is 361 g/mol. The SMILES string of the molecule is CCOC(=O)c1sc(NC(=O)c2ccccc2F)c(C(=O)OCC)c1C. The highest BCUT2D eigenvalue weighted by molar-refractivity contribution is 7.18. The molecule has 0 saturated carbocycles. The van der Waals surface area contributed by atoms with Gasteiger partial charge in [-0.15, -0.1) is 11.3 Å². The molecule has 2 rings (SSSR count). The zero-order chi connectivity index (χ0) is 19.3. The zero-order valence-corrected chi connectivity index (χ0v) is 15.4. The molecule has 1 N–H and O–H groups in total. The van der Waals surface area contributed by atoms with Crippen molar-refractivity contribution in [3.05, 3.63) is 51.7 Å². The Labute approximate surface area is 153 Å². The molecule has 0 radical (unpaired) electrons. The first kappa shape index (κ1) is 19.6. The van der Waals surface area contributed by atoms with Gasteiger partial charge < -0.3 is 14.8 Å². The molecule has 0 aliphatic carbocycles. The van der Waals surface area contributed by atoms with Crippen LogP contribution in [0.5, 0.6) is 0 Å². The van der Waals surface area contributed by atoms with Crippen LogP contribution in [0.3, 0.4) is 0 Å². The first-order chi connectivity index (χ1) is 12.4. The molecule has 0 saturated heterocycles. The normalized spacial score (nSPS) is 10.3. The van der Waals surface area contributed by atoms with Crippen LogP contribution in [0, 0.1) is 12.7 Å². The Hall–Kier alpha value is -2.74. The van der Waals surface area contributed by atoms with E-state index in [0.29, 0.717) is 5.56 Å². The second-order valence-electron chi connectivity index (χ2n) is 5.14. The van der Waals surface area contributed by atoms with Crippen LogP contribution in [0.4, 0.5) is 9.39 Å². The minimum absolute atomic E-state index is 0.0598. The average molecular weight is 379 g/mol. The average Bonchev–Trinajstić information content (AvgIpc) is 2.92. The van der Waals surface area contributed by atoms with Gasteiger partial charge in [0.1, 0.15) is 15.7 Å². The van der Waals surface area contributed by atoms with Crippen LogP contribution < -0.4 is 5.32 Å². The lowest BCUT2D eigenvalue weighted by Crippen LogP contribution is -2.16. The van der Waals surface area contributed by atoms with Gasteiger partial charge >= 0.3 is 11.9 Å². The fourth-order valence-corrected chi connectivity index (χ4v) is 3.34. The summed E-state index contributed by atoms with van der Waals surface area (Å²) in [5, 5.41) is 2.60. The van der Waals surface area contributed by atoms with Crippen LogP contribution in [-0.2, 0) is 9.47 Å². The number of ether oxygens (including phenoxy) is 2. The Balaban J connectivity index is 2.44. The topological polar surface area (TPSA) is 81.7 Å². The number of benzene rings is 1. The molecule has 138 valence electrons. The van der Waals surface area contributed by atoms with Gasteiger partial charge in [0.05, 0.1) is 24.3 Å². The van der Waals surface area contributed by atoms with E-state index in [1.165, 1.54) is 18.2 Å². The van der Waals surface area contributed by atoms with Gasteiger partial charge in [-0.05, 0) is 38.5 Å². The maximum atomic E-state index is 13.8. The van der Waals surface area contributed by atoms with Gasteiger partial charge in [-0.1, -0.05) is 12.1 Å². The molecule has 0 unspecified atom stereocenters. The van der Waals surface area contributed by atoms with E-state index in [1.54, 1.807) is 20.8 Å². The second kappa shape index (κ2) is 8.57. The van der Waals surface area contributed by atoms with Gasteiger partial charge in [-0.3, -0.25) is 4.79 Å². The quantitative estimate of drug-likeness (QED) is 0.772. The Bertz CT molecular complexity index is 846. The summed E-state index contributed by atoms with van der Waals surface area (Å²) in [7, 11) is 0. The molecule has 8 heteroatoms. The highest BCUT2D eigenvalue weighted by atomic mass is 32.1. The number of hydrogen-bond acceptors (Lipinski definition) is 6. The lowest BCUT2D eigenvalue weighted by atomic mass is 10.1. The minimum atomic E-state index is -0.731. The first-order valence-electron chi connectivity index (χ1n) is 7.94. The van der Waals surface area contributed by atoms with E-state index in [-0.39, 0.29) is 34.2 Å². The number of hydrogen-bond donors (Lipinski definition) is 1. The van der Waals surface area contributed by atoms with E-state index < -0.39 is 23.7 Å². The summed E-state index contributed by atoms with van der Waals surface area (Å²) in [4.78, 5) is 36.9. The van der Waals surface area contributed by atoms with Crippen LogP contribution in [0.25, 0.3) is 0 Å². The molecule has 2 aromatic rings. The predicted molar refractivity (Wildman–Crippen MR) is 95.3 cm³/mol. The van der Waals surface area contributed by atoms with Crippen molar-refractivity contribution < 1.29 is 28.2 Å². The van der Waals surface area contributed by atoms with Crippen LogP contribution >= 0.6 is 11.3 Å². The Kier molecular flexibility index (Phi) is 6.46. The molecule has 26 heavy (non-hydrogen) atoms. The van der Waals surface area contributed by atoms with E-state index in [1.807, 2.05) is 0 Å². The number of carbonyl (C=O) groups excluding carboxylic acids is 3. The summed E-state index contributed by atoms with van der Waals surface area (Å²) in [6, 6.07) is 5.46. The molecular formula is C18H18FNO5S. The molecule has 6 nitrogen and oxygen atoms in total. The number of amides is 1. The van der Waals surface area contributed by atoms with Crippen molar-refractivity contribution in [3.8, 4) is 0 Å². The Morgan fingerprint density at radius 1 is 1.08 bits per heavy atom. The summed E-state index contributed by atoms with van der Waals surface area (Å²) in [6.45, 7) is 5.16. The van der Waals surface area contributed by atoms with Crippen LogP contribution in [0.1, 0.15) is 49.8 Å². The van der Waals surface area contributed by atoms with E-state index >= 15 is 0 Å².